The summed E-state index contributed by atoms with van der Waals surface area (Å²) in [5.74, 6) is 1.68. The minimum atomic E-state index is -4.35. The molecule has 1 aromatic heterocycles. The van der Waals surface area contributed by atoms with Gasteiger partial charge < -0.3 is 19.9 Å². The van der Waals surface area contributed by atoms with Crippen molar-refractivity contribution in [2.45, 2.75) is 26.2 Å². The van der Waals surface area contributed by atoms with E-state index in [-0.39, 0.29) is 5.75 Å². The van der Waals surface area contributed by atoms with Crippen molar-refractivity contribution in [1.82, 2.24) is 20.2 Å². The van der Waals surface area contributed by atoms with E-state index in [0.717, 1.165) is 22.4 Å². The first-order valence-electron chi connectivity index (χ1n) is 9.56. The number of benzene rings is 2. The number of hydrogen-bond acceptors (Lipinski definition) is 3. The molecule has 2 aromatic carbocycles. The SMILES string of the molecule is CCNC(=NCc1ccc(OCC(F)(F)F)cc1)NCc1nc2ccccc2n1C. The van der Waals surface area contributed by atoms with Gasteiger partial charge in [0.15, 0.2) is 12.6 Å². The maximum atomic E-state index is 12.2. The lowest BCUT2D eigenvalue weighted by atomic mass is 10.2. The molecule has 6 nitrogen and oxygen atoms in total. The van der Waals surface area contributed by atoms with Gasteiger partial charge in [0.05, 0.1) is 24.1 Å². The number of nitrogens with one attached hydrogen (secondary N) is 2. The number of ether oxygens (including phenoxy) is 1. The van der Waals surface area contributed by atoms with Crippen LogP contribution < -0.4 is 15.4 Å². The Labute approximate surface area is 172 Å². The van der Waals surface area contributed by atoms with E-state index in [4.69, 9.17) is 4.74 Å². The Balaban J connectivity index is 1.60. The van der Waals surface area contributed by atoms with Crippen molar-refractivity contribution >= 4 is 17.0 Å². The van der Waals surface area contributed by atoms with Crippen molar-refractivity contribution in [1.29, 1.82) is 0 Å². The van der Waals surface area contributed by atoms with E-state index in [1.165, 1.54) is 12.1 Å². The molecule has 0 saturated carbocycles. The number of halogens is 3. The third-order valence-electron chi connectivity index (χ3n) is 4.38. The van der Waals surface area contributed by atoms with Gasteiger partial charge in [-0.1, -0.05) is 24.3 Å². The number of hydrogen-bond donors (Lipinski definition) is 2. The summed E-state index contributed by atoms with van der Waals surface area (Å²) in [4.78, 5) is 9.16. The summed E-state index contributed by atoms with van der Waals surface area (Å²) in [6.45, 7) is 2.23. The molecule has 0 atom stereocenters. The molecule has 0 unspecified atom stereocenters. The number of imidazole rings is 1. The van der Waals surface area contributed by atoms with Crippen LogP contribution >= 0.6 is 0 Å². The fourth-order valence-electron chi connectivity index (χ4n) is 2.88. The van der Waals surface area contributed by atoms with Crippen LogP contribution in [0.1, 0.15) is 18.3 Å². The minimum absolute atomic E-state index is 0.173. The van der Waals surface area contributed by atoms with Crippen LogP contribution in [0.2, 0.25) is 0 Å². The first kappa shape index (κ1) is 21.5. The highest BCUT2D eigenvalue weighted by Crippen LogP contribution is 2.19. The predicted octanol–water partition coefficient (Wildman–Crippen LogP) is 3.77. The lowest BCUT2D eigenvalue weighted by Crippen LogP contribution is -2.37. The molecule has 0 fully saturated rings. The summed E-state index contributed by atoms with van der Waals surface area (Å²) in [6.07, 6.45) is -4.35. The first-order chi connectivity index (χ1) is 14.4. The van der Waals surface area contributed by atoms with E-state index in [9.17, 15) is 13.2 Å². The summed E-state index contributed by atoms with van der Waals surface area (Å²) in [5.41, 5.74) is 2.85. The Hall–Kier alpha value is -3.23. The molecular weight excluding hydrogens is 395 g/mol. The van der Waals surface area contributed by atoms with Gasteiger partial charge in [-0.3, -0.25) is 0 Å². The summed E-state index contributed by atoms with van der Waals surface area (Å²) in [7, 11) is 1.97. The molecule has 3 rings (SSSR count). The molecule has 9 heteroatoms. The molecule has 1 heterocycles. The number of aromatic nitrogens is 2. The van der Waals surface area contributed by atoms with Crippen LogP contribution in [0.5, 0.6) is 5.75 Å². The smallest absolute Gasteiger partial charge is 0.422 e. The van der Waals surface area contributed by atoms with Crippen LogP contribution in [0, 0.1) is 0 Å². The van der Waals surface area contributed by atoms with Crippen molar-refractivity contribution in [2.75, 3.05) is 13.2 Å². The lowest BCUT2D eigenvalue weighted by molar-refractivity contribution is -0.153. The summed E-state index contributed by atoms with van der Waals surface area (Å²) in [6, 6.07) is 14.3. The second-order valence-electron chi connectivity index (χ2n) is 6.67. The van der Waals surface area contributed by atoms with Gasteiger partial charge in [-0.25, -0.2) is 9.98 Å². The van der Waals surface area contributed by atoms with Crippen LogP contribution in [0.3, 0.4) is 0 Å². The van der Waals surface area contributed by atoms with Crippen molar-refractivity contribution < 1.29 is 17.9 Å². The molecule has 0 aliphatic heterocycles. The largest absolute Gasteiger partial charge is 0.484 e. The predicted molar refractivity (Wildman–Crippen MR) is 110 cm³/mol. The molecule has 30 heavy (non-hydrogen) atoms. The van der Waals surface area contributed by atoms with Crippen molar-refractivity contribution in [3.8, 4) is 5.75 Å². The van der Waals surface area contributed by atoms with Gasteiger partial charge in [-0.15, -0.1) is 0 Å². The molecule has 3 aromatic rings. The second-order valence-corrected chi connectivity index (χ2v) is 6.67. The van der Waals surface area contributed by atoms with Crippen LogP contribution in [-0.4, -0.2) is 34.8 Å². The zero-order valence-electron chi connectivity index (χ0n) is 16.8. The Kier molecular flexibility index (Phi) is 6.81. The van der Waals surface area contributed by atoms with Gasteiger partial charge in [0.25, 0.3) is 0 Å². The summed E-state index contributed by atoms with van der Waals surface area (Å²) in [5, 5.41) is 6.44. The number of nitrogens with zero attached hydrogens (tertiary/aromatic N) is 3. The van der Waals surface area contributed by atoms with E-state index in [1.807, 2.05) is 42.8 Å². The fourth-order valence-corrected chi connectivity index (χ4v) is 2.88. The van der Waals surface area contributed by atoms with Crippen LogP contribution in [0.15, 0.2) is 53.5 Å². The number of aryl methyl sites for hydroxylation is 1. The Bertz CT molecular complexity index is 996. The number of fused-ring (bicyclic) bond motifs is 1. The second kappa shape index (κ2) is 9.51. The molecule has 0 amide bonds. The third kappa shape index (κ3) is 5.88. The highest BCUT2D eigenvalue weighted by molar-refractivity contribution is 5.80. The lowest BCUT2D eigenvalue weighted by Gasteiger charge is -2.12. The van der Waals surface area contributed by atoms with E-state index in [2.05, 4.69) is 20.6 Å². The fraction of sp³-hybridized carbons (Fsp3) is 0.333. The van der Waals surface area contributed by atoms with Crippen molar-refractivity contribution in [3.05, 3.63) is 59.9 Å². The van der Waals surface area contributed by atoms with Crippen molar-refractivity contribution in [3.63, 3.8) is 0 Å². The Morgan fingerprint density at radius 3 is 2.50 bits per heavy atom. The average Bonchev–Trinajstić information content (AvgIpc) is 3.05. The standard InChI is InChI=1S/C21H24F3N5O/c1-3-25-20(27-13-19-28-17-6-4-5-7-18(17)29(19)2)26-12-15-8-10-16(11-9-15)30-14-21(22,23)24/h4-11H,3,12-14H2,1-2H3,(H2,25,26,27). The highest BCUT2D eigenvalue weighted by atomic mass is 19.4. The summed E-state index contributed by atoms with van der Waals surface area (Å²) < 4.78 is 43.4. The van der Waals surface area contributed by atoms with Gasteiger partial charge >= 0.3 is 6.18 Å². The van der Waals surface area contributed by atoms with E-state index < -0.39 is 12.8 Å². The van der Waals surface area contributed by atoms with Gasteiger partial charge in [-0.2, -0.15) is 13.2 Å². The average molecular weight is 419 g/mol. The number of guanidine groups is 1. The highest BCUT2D eigenvalue weighted by Gasteiger charge is 2.28. The first-order valence-corrected chi connectivity index (χ1v) is 9.56. The number of para-hydroxylation sites is 2. The topological polar surface area (TPSA) is 63.5 Å². The molecule has 0 aliphatic rings. The molecule has 160 valence electrons. The van der Waals surface area contributed by atoms with Crippen LogP contribution in [0.4, 0.5) is 13.2 Å². The van der Waals surface area contributed by atoms with Crippen LogP contribution in [-0.2, 0) is 20.1 Å². The molecule has 0 spiro atoms. The molecule has 2 N–H and O–H groups in total. The molecular formula is C21H24F3N5O. The van der Waals surface area contributed by atoms with E-state index in [1.54, 1.807) is 12.1 Å². The third-order valence-corrected chi connectivity index (χ3v) is 4.38. The van der Waals surface area contributed by atoms with E-state index >= 15 is 0 Å². The van der Waals surface area contributed by atoms with Gasteiger partial charge in [0, 0.05) is 13.6 Å². The Morgan fingerprint density at radius 2 is 1.83 bits per heavy atom. The maximum Gasteiger partial charge on any atom is 0.422 e. The number of alkyl halides is 3. The van der Waals surface area contributed by atoms with Gasteiger partial charge in [0.2, 0.25) is 0 Å². The number of aliphatic imine (C=N–C) groups is 1. The van der Waals surface area contributed by atoms with E-state index in [0.29, 0.717) is 25.6 Å². The monoisotopic (exact) mass is 419 g/mol. The van der Waals surface area contributed by atoms with Crippen molar-refractivity contribution in [2.24, 2.45) is 12.0 Å². The van der Waals surface area contributed by atoms with Crippen LogP contribution in [0.25, 0.3) is 11.0 Å². The maximum absolute atomic E-state index is 12.2. The normalized spacial score (nSPS) is 12.2. The molecule has 0 bridgehead atoms. The van der Waals surface area contributed by atoms with Gasteiger partial charge in [-0.05, 0) is 36.8 Å². The molecule has 0 saturated heterocycles. The molecule has 0 radical (unpaired) electrons. The minimum Gasteiger partial charge on any atom is -0.484 e. The Morgan fingerprint density at radius 1 is 1.10 bits per heavy atom. The summed E-state index contributed by atoms with van der Waals surface area (Å²) >= 11 is 0. The zero-order valence-corrected chi connectivity index (χ0v) is 16.8. The zero-order chi connectivity index (χ0) is 21.6. The molecule has 0 aliphatic carbocycles. The van der Waals surface area contributed by atoms with Gasteiger partial charge in [0.1, 0.15) is 11.6 Å². The quantitative estimate of drug-likeness (QED) is 0.452. The number of rotatable bonds is 7.